The standard InChI is InChI=1S/C31H32FNO/c1-30(2,3)23-13-7-20(8-14-23)26-19-27(21-9-15-24(16-10-21)31(4,5)6)33-28(26)29(34)22-11-17-25(32)18-12-22/h7-19,33H,1-6H3. The zero-order valence-electron chi connectivity index (χ0n) is 20.8. The molecule has 174 valence electrons. The highest BCUT2D eigenvalue weighted by Gasteiger charge is 2.21. The van der Waals surface area contributed by atoms with Crippen LogP contribution in [0.2, 0.25) is 0 Å². The lowest BCUT2D eigenvalue weighted by atomic mass is 9.86. The normalized spacial score (nSPS) is 12.1. The molecule has 1 aromatic heterocycles. The summed E-state index contributed by atoms with van der Waals surface area (Å²) in [7, 11) is 0. The van der Waals surface area contributed by atoms with E-state index in [0.29, 0.717) is 11.3 Å². The molecule has 0 bridgehead atoms. The van der Waals surface area contributed by atoms with Gasteiger partial charge < -0.3 is 4.98 Å². The molecule has 0 fully saturated rings. The highest BCUT2D eigenvalue weighted by atomic mass is 19.1. The fourth-order valence-corrected chi connectivity index (χ4v) is 4.06. The van der Waals surface area contributed by atoms with Gasteiger partial charge in [0.25, 0.3) is 0 Å². The molecule has 0 saturated heterocycles. The Kier molecular flexibility index (Phi) is 6.07. The van der Waals surface area contributed by atoms with E-state index in [1.54, 1.807) is 0 Å². The molecule has 0 aliphatic heterocycles. The van der Waals surface area contributed by atoms with E-state index in [0.717, 1.165) is 22.4 Å². The van der Waals surface area contributed by atoms with Crippen LogP contribution in [0.3, 0.4) is 0 Å². The molecule has 1 heterocycles. The summed E-state index contributed by atoms with van der Waals surface area (Å²) >= 11 is 0. The first kappa shape index (κ1) is 23.7. The summed E-state index contributed by atoms with van der Waals surface area (Å²) in [4.78, 5) is 16.8. The number of carbonyl (C=O) groups is 1. The largest absolute Gasteiger partial charge is 0.351 e. The number of carbonyl (C=O) groups excluding carboxylic acids is 1. The van der Waals surface area contributed by atoms with Crippen LogP contribution in [-0.2, 0) is 10.8 Å². The number of hydrogen-bond donors (Lipinski definition) is 1. The third-order valence-corrected chi connectivity index (χ3v) is 6.28. The molecule has 3 aromatic carbocycles. The fraction of sp³-hybridized carbons (Fsp3) is 0.258. The SMILES string of the molecule is CC(C)(C)c1ccc(-c2cc(-c3ccc(C(C)(C)C)cc3)c(C(=O)c3ccc(F)cc3)[nH]2)cc1. The van der Waals surface area contributed by atoms with E-state index in [2.05, 4.69) is 95.1 Å². The van der Waals surface area contributed by atoms with E-state index in [-0.39, 0.29) is 22.4 Å². The number of halogens is 1. The number of benzene rings is 3. The monoisotopic (exact) mass is 453 g/mol. The third-order valence-electron chi connectivity index (χ3n) is 6.28. The van der Waals surface area contributed by atoms with Gasteiger partial charge in [0.05, 0.1) is 5.69 Å². The number of aromatic amines is 1. The average Bonchev–Trinajstić information content (AvgIpc) is 3.24. The summed E-state index contributed by atoms with van der Waals surface area (Å²) in [6.45, 7) is 13.1. The molecule has 2 nitrogen and oxygen atoms in total. The van der Waals surface area contributed by atoms with Crippen LogP contribution in [0.1, 0.15) is 68.7 Å². The van der Waals surface area contributed by atoms with Gasteiger partial charge in [-0.2, -0.15) is 0 Å². The van der Waals surface area contributed by atoms with Crippen molar-refractivity contribution in [2.75, 3.05) is 0 Å². The minimum atomic E-state index is -0.361. The maximum Gasteiger partial charge on any atom is 0.209 e. The van der Waals surface area contributed by atoms with E-state index in [1.807, 2.05) is 6.07 Å². The lowest BCUT2D eigenvalue weighted by Crippen LogP contribution is -2.10. The number of aromatic nitrogens is 1. The van der Waals surface area contributed by atoms with Crippen molar-refractivity contribution in [2.45, 2.75) is 52.4 Å². The molecule has 0 aliphatic rings. The van der Waals surface area contributed by atoms with Gasteiger partial charge in [-0.15, -0.1) is 0 Å². The molecular formula is C31H32FNO. The molecule has 0 unspecified atom stereocenters. The number of H-pyrrole nitrogens is 1. The molecule has 4 aromatic rings. The van der Waals surface area contributed by atoms with Crippen LogP contribution < -0.4 is 0 Å². The van der Waals surface area contributed by atoms with Gasteiger partial charge in [-0.1, -0.05) is 90.1 Å². The number of ketones is 1. The van der Waals surface area contributed by atoms with E-state index in [1.165, 1.54) is 35.4 Å². The lowest BCUT2D eigenvalue weighted by Gasteiger charge is -2.19. The fourth-order valence-electron chi connectivity index (χ4n) is 4.06. The van der Waals surface area contributed by atoms with Gasteiger partial charge >= 0.3 is 0 Å². The van der Waals surface area contributed by atoms with Crippen LogP contribution in [-0.4, -0.2) is 10.8 Å². The molecule has 0 aliphatic carbocycles. The molecule has 0 spiro atoms. The Hall–Kier alpha value is -3.46. The maximum absolute atomic E-state index is 13.5. The number of hydrogen-bond acceptors (Lipinski definition) is 1. The van der Waals surface area contributed by atoms with Crippen molar-refractivity contribution < 1.29 is 9.18 Å². The number of rotatable bonds is 4. The predicted molar refractivity (Wildman–Crippen MR) is 139 cm³/mol. The quantitative estimate of drug-likeness (QED) is 0.310. The summed E-state index contributed by atoms with van der Waals surface area (Å²) in [6.07, 6.45) is 0. The van der Waals surface area contributed by atoms with E-state index >= 15 is 0 Å². The molecule has 3 heteroatoms. The van der Waals surface area contributed by atoms with Gasteiger partial charge in [-0.25, -0.2) is 4.39 Å². The number of nitrogens with one attached hydrogen (secondary N) is 1. The molecule has 0 amide bonds. The van der Waals surface area contributed by atoms with Crippen molar-refractivity contribution in [1.82, 2.24) is 4.98 Å². The highest BCUT2D eigenvalue weighted by molar-refractivity contribution is 6.12. The zero-order chi connectivity index (χ0) is 24.7. The Labute approximate surface area is 201 Å². The minimum Gasteiger partial charge on any atom is -0.351 e. The van der Waals surface area contributed by atoms with Gasteiger partial charge in [0, 0.05) is 16.8 Å². The van der Waals surface area contributed by atoms with Crippen LogP contribution in [0.5, 0.6) is 0 Å². The molecule has 34 heavy (non-hydrogen) atoms. The summed E-state index contributed by atoms with van der Waals surface area (Å²) in [5.41, 5.74) is 7.24. The van der Waals surface area contributed by atoms with E-state index < -0.39 is 0 Å². The second-order valence-corrected chi connectivity index (χ2v) is 11.0. The Bertz CT molecular complexity index is 1300. The topological polar surface area (TPSA) is 32.9 Å². The molecule has 4 rings (SSSR count). The van der Waals surface area contributed by atoms with Crippen LogP contribution in [0.4, 0.5) is 4.39 Å². The molecule has 1 N–H and O–H groups in total. The summed E-state index contributed by atoms with van der Waals surface area (Å²) in [5, 5.41) is 0. The smallest absolute Gasteiger partial charge is 0.209 e. The summed E-state index contributed by atoms with van der Waals surface area (Å²) in [5.74, 6) is -0.520. The Morgan fingerprint density at radius 1 is 0.676 bits per heavy atom. The first-order valence-electron chi connectivity index (χ1n) is 11.7. The van der Waals surface area contributed by atoms with Crippen LogP contribution in [0, 0.1) is 5.82 Å². The van der Waals surface area contributed by atoms with Crippen molar-refractivity contribution in [1.29, 1.82) is 0 Å². The first-order valence-corrected chi connectivity index (χ1v) is 11.7. The van der Waals surface area contributed by atoms with Crippen molar-refractivity contribution in [3.63, 3.8) is 0 Å². The van der Waals surface area contributed by atoms with E-state index in [9.17, 15) is 9.18 Å². The molecule has 0 saturated carbocycles. The average molecular weight is 454 g/mol. The molecular weight excluding hydrogens is 421 g/mol. The van der Waals surface area contributed by atoms with Gasteiger partial charge in [0.15, 0.2) is 0 Å². The first-order chi connectivity index (χ1) is 15.9. The van der Waals surface area contributed by atoms with Crippen molar-refractivity contribution in [3.05, 3.63) is 107 Å². The van der Waals surface area contributed by atoms with Crippen molar-refractivity contribution in [3.8, 4) is 22.4 Å². The Balaban J connectivity index is 1.81. The summed E-state index contributed by atoms with van der Waals surface area (Å²) < 4.78 is 13.5. The van der Waals surface area contributed by atoms with Gasteiger partial charge in [-0.3, -0.25) is 4.79 Å². The molecule has 0 radical (unpaired) electrons. The lowest BCUT2D eigenvalue weighted by molar-refractivity contribution is 0.103. The van der Waals surface area contributed by atoms with Crippen LogP contribution in [0.25, 0.3) is 22.4 Å². The van der Waals surface area contributed by atoms with Gasteiger partial charge in [0.1, 0.15) is 5.82 Å². The van der Waals surface area contributed by atoms with Crippen molar-refractivity contribution >= 4 is 5.78 Å². The Morgan fingerprint density at radius 2 is 1.15 bits per heavy atom. The predicted octanol–water partition coefficient (Wildman–Crippen LogP) is 8.31. The van der Waals surface area contributed by atoms with Gasteiger partial charge in [-0.05, 0) is 63.4 Å². The van der Waals surface area contributed by atoms with Crippen LogP contribution >= 0.6 is 0 Å². The highest BCUT2D eigenvalue weighted by Crippen LogP contribution is 2.34. The molecule has 0 atom stereocenters. The van der Waals surface area contributed by atoms with E-state index in [4.69, 9.17) is 0 Å². The summed E-state index contributed by atoms with van der Waals surface area (Å²) in [6, 6.07) is 24.6. The van der Waals surface area contributed by atoms with Gasteiger partial charge in [0.2, 0.25) is 5.78 Å². The van der Waals surface area contributed by atoms with Crippen LogP contribution in [0.15, 0.2) is 78.9 Å². The zero-order valence-corrected chi connectivity index (χ0v) is 20.8. The second kappa shape index (κ2) is 8.72. The maximum atomic E-state index is 13.5. The minimum absolute atomic E-state index is 0.0450. The third kappa shape index (κ3) is 4.89. The van der Waals surface area contributed by atoms with Crippen molar-refractivity contribution in [2.24, 2.45) is 0 Å². The second-order valence-electron chi connectivity index (χ2n) is 11.0. The Morgan fingerprint density at radius 3 is 1.62 bits per heavy atom.